The van der Waals surface area contributed by atoms with Gasteiger partial charge in [0.15, 0.2) is 0 Å². The molecule has 0 saturated heterocycles. The van der Waals surface area contributed by atoms with Crippen molar-refractivity contribution >= 4 is 59.7 Å². The SMILES string of the molecule is Brc1ccc2c(c1)c1ccccc1n2-c1cccc(-c2cccc3c2oc2ccccc23)c1. The smallest absolute Gasteiger partial charge is 0.143 e. The second-order valence-corrected chi connectivity index (χ2v) is 9.26. The lowest BCUT2D eigenvalue weighted by Gasteiger charge is -2.10. The predicted molar refractivity (Wildman–Crippen MR) is 141 cm³/mol. The van der Waals surface area contributed by atoms with E-state index in [4.69, 9.17) is 4.42 Å². The molecular weight excluding hydrogens is 470 g/mol. The standard InChI is InChI=1S/C30H18BrNO/c31-20-15-16-28-26(18-20)23-9-1-3-13-27(23)32(28)21-8-5-7-19(17-21)22-11-6-12-25-24-10-2-4-14-29(24)33-30(22)25/h1-18H. The van der Waals surface area contributed by atoms with Crippen molar-refractivity contribution < 1.29 is 4.42 Å². The highest BCUT2D eigenvalue weighted by Crippen LogP contribution is 2.38. The Morgan fingerprint density at radius 3 is 2.27 bits per heavy atom. The number of furan rings is 1. The zero-order valence-corrected chi connectivity index (χ0v) is 19.2. The molecule has 0 N–H and O–H groups in total. The third-order valence-corrected chi connectivity index (χ3v) is 6.95. The third-order valence-electron chi connectivity index (χ3n) is 6.45. The van der Waals surface area contributed by atoms with Crippen molar-refractivity contribution in [2.75, 3.05) is 0 Å². The molecule has 0 amide bonds. The summed E-state index contributed by atoms with van der Waals surface area (Å²) in [7, 11) is 0. The minimum Gasteiger partial charge on any atom is -0.455 e. The lowest BCUT2D eigenvalue weighted by Crippen LogP contribution is -1.94. The van der Waals surface area contributed by atoms with E-state index < -0.39 is 0 Å². The normalized spacial score (nSPS) is 11.8. The van der Waals surface area contributed by atoms with E-state index in [1.54, 1.807) is 0 Å². The number of benzene rings is 5. The average Bonchev–Trinajstić information content (AvgIpc) is 3.40. The molecule has 0 unspecified atom stereocenters. The van der Waals surface area contributed by atoms with Crippen LogP contribution in [0.4, 0.5) is 0 Å². The van der Waals surface area contributed by atoms with E-state index in [1.807, 2.05) is 12.1 Å². The summed E-state index contributed by atoms with van der Waals surface area (Å²) < 4.78 is 9.74. The molecule has 0 fully saturated rings. The van der Waals surface area contributed by atoms with Crippen LogP contribution in [0.5, 0.6) is 0 Å². The first-order valence-electron chi connectivity index (χ1n) is 11.0. The van der Waals surface area contributed by atoms with Gasteiger partial charge in [0.05, 0.1) is 11.0 Å². The summed E-state index contributed by atoms with van der Waals surface area (Å²) in [5, 5.41) is 4.79. The van der Waals surface area contributed by atoms with Crippen molar-refractivity contribution in [1.82, 2.24) is 4.57 Å². The molecule has 0 aliphatic carbocycles. The highest BCUT2D eigenvalue weighted by atomic mass is 79.9. The van der Waals surface area contributed by atoms with Crippen LogP contribution in [-0.4, -0.2) is 4.57 Å². The Bertz CT molecular complexity index is 1840. The molecule has 0 atom stereocenters. The van der Waals surface area contributed by atoms with E-state index >= 15 is 0 Å². The summed E-state index contributed by atoms with van der Waals surface area (Å²) in [6.45, 7) is 0. The number of nitrogens with zero attached hydrogens (tertiary/aromatic N) is 1. The highest BCUT2D eigenvalue weighted by molar-refractivity contribution is 9.10. The fourth-order valence-electron chi connectivity index (χ4n) is 5.01. The molecule has 3 heteroatoms. The molecule has 7 rings (SSSR count). The van der Waals surface area contributed by atoms with Gasteiger partial charge in [-0.05, 0) is 48.0 Å². The zero-order chi connectivity index (χ0) is 21.9. The van der Waals surface area contributed by atoms with Crippen LogP contribution in [0.2, 0.25) is 0 Å². The fraction of sp³-hybridized carbons (Fsp3) is 0. The number of hydrogen-bond acceptors (Lipinski definition) is 1. The summed E-state index contributed by atoms with van der Waals surface area (Å²) in [5.74, 6) is 0. The first kappa shape index (κ1) is 18.7. The Balaban J connectivity index is 1.50. The Morgan fingerprint density at radius 1 is 0.576 bits per heavy atom. The van der Waals surface area contributed by atoms with E-state index in [0.29, 0.717) is 0 Å². The molecule has 0 spiro atoms. The van der Waals surface area contributed by atoms with Crippen LogP contribution < -0.4 is 0 Å². The Morgan fingerprint density at radius 2 is 1.33 bits per heavy atom. The quantitative estimate of drug-likeness (QED) is 0.237. The molecule has 156 valence electrons. The maximum absolute atomic E-state index is 6.31. The van der Waals surface area contributed by atoms with Gasteiger partial charge in [0.25, 0.3) is 0 Å². The number of halogens is 1. The number of rotatable bonds is 2. The van der Waals surface area contributed by atoms with Gasteiger partial charge < -0.3 is 8.98 Å². The van der Waals surface area contributed by atoms with Crippen LogP contribution in [0.3, 0.4) is 0 Å². The molecule has 2 aromatic heterocycles. The van der Waals surface area contributed by atoms with E-state index in [9.17, 15) is 0 Å². The number of fused-ring (bicyclic) bond motifs is 6. The summed E-state index contributed by atoms with van der Waals surface area (Å²) >= 11 is 3.64. The fourth-order valence-corrected chi connectivity index (χ4v) is 5.37. The Labute approximate surface area is 198 Å². The highest BCUT2D eigenvalue weighted by Gasteiger charge is 2.15. The molecule has 0 aliphatic heterocycles. The van der Waals surface area contributed by atoms with E-state index in [0.717, 1.165) is 43.2 Å². The second kappa shape index (κ2) is 7.09. The van der Waals surface area contributed by atoms with Gasteiger partial charge in [-0.1, -0.05) is 82.7 Å². The van der Waals surface area contributed by atoms with Crippen LogP contribution in [0, 0.1) is 0 Å². The lowest BCUT2D eigenvalue weighted by atomic mass is 10.0. The number of para-hydroxylation sites is 3. The number of hydrogen-bond donors (Lipinski definition) is 0. The summed E-state index contributed by atoms with van der Waals surface area (Å²) in [4.78, 5) is 0. The lowest BCUT2D eigenvalue weighted by molar-refractivity contribution is 0.670. The first-order valence-corrected chi connectivity index (χ1v) is 11.8. The van der Waals surface area contributed by atoms with Crippen LogP contribution in [-0.2, 0) is 0 Å². The van der Waals surface area contributed by atoms with E-state index in [2.05, 4.69) is 118 Å². The van der Waals surface area contributed by atoms with Crippen molar-refractivity contribution in [3.05, 3.63) is 114 Å². The van der Waals surface area contributed by atoms with Crippen LogP contribution in [0.15, 0.2) is 118 Å². The largest absolute Gasteiger partial charge is 0.455 e. The topological polar surface area (TPSA) is 18.1 Å². The zero-order valence-electron chi connectivity index (χ0n) is 17.6. The van der Waals surface area contributed by atoms with E-state index in [1.165, 1.54) is 21.8 Å². The van der Waals surface area contributed by atoms with Crippen molar-refractivity contribution in [2.24, 2.45) is 0 Å². The average molecular weight is 488 g/mol. The minimum absolute atomic E-state index is 0.920. The Kier molecular flexibility index (Phi) is 4.02. The van der Waals surface area contributed by atoms with Gasteiger partial charge in [0, 0.05) is 37.3 Å². The molecular formula is C30H18BrNO. The molecule has 5 aromatic carbocycles. The molecule has 2 nitrogen and oxygen atoms in total. The monoisotopic (exact) mass is 487 g/mol. The van der Waals surface area contributed by atoms with Gasteiger partial charge in [-0.3, -0.25) is 0 Å². The van der Waals surface area contributed by atoms with Gasteiger partial charge in [-0.25, -0.2) is 0 Å². The van der Waals surface area contributed by atoms with Crippen LogP contribution in [0.25, 0.3) is 60.6 Å². The molecule has 0 aliphatic rings. The molecule has 2 heterocycles. The van der Waals surface area contributed by atoms with Gasteiger partial charge in [0.1, 0.15) is 11.2 Å². The molecule has 0 bridgehead atoms. The molecule has 0 saturated carbocycles. The maximum atomic E-state index is 6.31. The third kappa shape index (κ3) is 2.79. The van der Waals surface area contributed by atoms with Crippen LogP contribution >= 0.6 is 15.9 Å². The van der Waals surface area contributed by atoms with Gasteiger partial charge in [0.2, 0.25) is 0 Å². The molecule has 0 radical (unpaired) electrons. The molecule has 33 heavy (non-hydrogen) atoms. The van der Waals surface area contributed by atoms with E-state index in [-0.39, 0.29) is 0 Å². The van der Waals surface area contributed by atoms with Crippen molar-refractivity contribution in [3.8, 4) is 16.8 Å². The Hall–Kier alpha value is -3.82. The first-order chi connectivity index (χ1) is 16.3. The summed E-state index contributed by atoms with van der Waals surface area (Å²) in [6, 6.07) is 38.5. The summed E-state index contributed by atoms with van der Waals surface area (Å²) in [6.07, 6.45) is 0. The van der Waals surface area contributed by atoms with Crippen molar-refractivity contribution in [2.45, 2.75) is 0 Å². The van der Waals surface area contributed by atoms with Gasteiger partial charge in [-0.2, -0.15) is 0 Å². The number of aromatic nitrogens is 1. The van der Waals surface area contributed by atoms with Gasteiger partial charge >= 0.3 is 0 Å². The van der Waals surface area contributed by atoms with Gasteiger partial charge in [-0.15, -0.1) is 0 Å². The second-order valence-electron chi connectivity index (χ2n) is 8.34. The maximum Gasteiger partial charge on any atom is 0.143 e. The van der Waals surface area contributed by atoms with Crippen LogP contribution in [0.1, 0.15) is 0 Å². The molecule has 7 aromatic rings. The minimum atomic E-state index is 0.920. The summed E-state index contributed by atoms with van der Waals surface area (Å²) in [5.41, 5.74) is 7.62. The van der Waals surface area contributed by atoms with Crippen molar-refractivity contribution in [1.29, 1.82) is 0 Å². The predicted octanol–water partition coefficient (Wildman–Crippen LogP) is 9.11. The van der Waals surface area contributed by atoms with Crippen molar-refractivity contribution in [3.63, 3.8) is 0 Å².